The number of carbonyl (C=O) groups is 1. The van der Waals surface area contributed by atoms with E-state index in [0.717, 1.165) is 26.0 Å². The predicted octanol–water partition coefficient (Wildman–Crippen LogP) is 0.608. The molecular weight excluding hydrogens is 296 g/mol. The van der Waals surface area contributed by atoms with Gasteiger partial charge in [-0.3, -0.25) is 4.79 Å². The molecule has 0 radical (unpaired) electrons. The highest BCUT2D eigenvalue weighted by Gasteiger charge is 2.44. The van der Waals surface area contributed by atoms with Gasteiger partial charge >= 0.3 is 0 Å². The number of hydrogen-bond acceptors (Lipinski definition) is 5. The number of ether oxygens (including phenoxy) is 2. The number of imidazole rings is 1. The lowest BCUT2D eigenvalue weighted by molar-refractivity contribution is -0.0757. The van der Waals surface area contributed by atoms with Gasteiger partial charge in [0.05, 0.1) is 44.5 Å². The van der Waals surface area contributed by atoms with E-state index in [9.17, 15) is 4.79 Å². The molecule has 0 spiro atoms. The maximum atomic E-state index is 12.6. The van der Waals surface area contributed by atoms with Crippen LogP contribution in [0.15, 0.2) is 12.5 Å². The zero-order chi connectivity index (χ0) is 16.2. The van der Waals surface area contributed by atoms with Crippen molar-refractivity contribution in [3.05, 3.63) is 18.2 Å². The standard InChI is InChI=1S/C16H26N4O3/c1-19(2)5-7-22-10-12-3-4-14-15(12)23-8-6-20(14)16(21)13-9-17-11-18-13/h9,11-12,14-15H,3-8,10H2,1-2H3,(H,17,18)/t12-,14+,15+/m0/s1. The summed E-state index contributed by atoms with van der Waals surface area (Å²) in [6.07, 6.45) is 5.25. The van der Waals surface area contributed by atoms with Gasteiger partial charge in [-0.2, -0.15) is 0 Å². The van der Waals surface area contributed by atoms with Crippen LogP contribution in [0, 0.1) is 5.92 Å². The molecule has 3 rings (SSSR count). The molecule has 1 aliphatic heterocycles. The Bertz CT molecular complexity index is 505. The normalized spacial score (nSPS) is 27.4. The molecular formula is C16H26N4O3. The van der Waals surface area contributed by atoms with E-state index in [2.05, 4.69) is 14.9 Å². The minimum absolute atomic E-state index is 0.0231. The van der Waals surface area contributed by atoms with E-state index < -0.39 is 0 Å². The van der Waals surface area contributed by atoms with Crippen LogP contribution in [0.3, 0.4) is 0 Å². The van der Waals surface area contributed by atoms with Crippen LogP contribution in [-0.2, 0) is 9.47 Å². The van der Waals surface area contributed by atoms with Crippen molar-refractivity contribution in [3.63, 3.8) is 0 Å². The lowest BCUT2D eigenvalue weighted by Crippen LogP contribution is -2.53. The quantitative estimate of drug-likeness (QED) is 0.777. The highest BCUT2D eigenvalue weighted by Crippen LogP contribution is 2.35. The average Bonchev–Trinajstić information content (AvgIpc) is 3.20. The third-order valence-corrected chi connectivity index (χ3v) is 4.72. The van der Waals surface area contributed by atoms with Crippen LogP contribution in [-0.4, -0.2) is 84.8 Å². The molecule has 2 aliphatic rings. The lowest BCUT2D eigenvalue weighted by Gasteiger charge is -2.39. The molecule has 128 valence electrons. The number of nitrogens with zero attached hydrogens (tertiary/aromatic N) is 3. The Morgan fingerprint density at radius 2 is 2.39 bits per heavy atom. The molecule has 0 unspecified atom stereocenters. The van der Waals surface area contributed by atoms with Gasteiger partial charge in [0.25, 0.3) is 5.91 Å². The number of H-pyrrole nitrogens is 1. The summed E-state index contributed by atoms with van der Waals surface area (Å²) < 4.78 is 11.8. The van der Waals surface area contributed by atoms with E-state index in [0.29, 0.717) is 31.4 Å². The van der Waals surface area contributed by atoms with Crippen molar-refractivity contribution >= 4 is 5.91 Å². The summed E-state index contributed by atoms with van der Waals surface area (Å²) in [5.74, 6) is 0.398. The van der Waals surface area contributed by atoms with Crippen molar-refractivity contribution in [3.8, 4) is 0 Å². The Balaban J connectivity index is 1.56. The van der Waals surface area contributed by atoms with E-state index in [1.807, 2.05) is 19.0 Å². The summed E-state index contributed by atoms with van der Waals surface area (Å²) in [4.78, 5) is 23.5. The minimum atomic E-state index is 0.0231. The second kappa shape index (κ2) is 7.42. The average molecular weight is 322 g/mol. The van der Waals surface area contributed by atoms with E-state index in [1.54, 1.807) is 12.5 Å². The van der Waals surface area contributed by atoms with Crippen LogP contribution < -0.4 is 0 Å². The first-order valence-electron chi connectivity index (χ1n) is 8.30. The first-order valence-corrected chi connectivity index (χ1v) is 8.30. The summed E-state index contributed by atoms with van der Waals surface area (Å²) in [5, 5.41) is 0. The monoisotopic (exact) mass is 322 g/mol. The molecule has 23 heavy (non-hydrogen) atoms. The fourth-order valence-electron chi connectivity index (χ4n) is 3.50. The van der Waals surface area contributed by atoms with Gasteiger partial charge in [-0.1, -0.05) is 0 Å². The number of fused-ring (bicyclic) bond motifs is 1. The molecule has 2 fully saturated rings. The van der Waals surface area contributed by atoms with Crippen LogP contribution in [0.25, 0.3) is 0 Å². The van der Waals surface area contributed by atoms with E-state index in [-0.39, 0.29) is 18.1 Å². The summed E-state index contributed by atoms with van der Waals surface area (Å²) in [6, 6.07) is 0.155. The number of likely N-dealkylation sites (N-methyl/N-ethyl adjacent to an activating group) is 1. The molecule has 1 aromatic heterocycles. The summed E-state index contributed by atoms with van der Waals surface area (Å²) in [5.41, 5.74) is 0.552. The Morgan fingerprint density at radius 3 is 3.13 bits per heavy atom. The third kappa shape index (κ3) is 3.73. The Hall–Kier alpha value is -1.44. The number of carbonyl (C=O) groups excluding carboxylic acids is 1. The maximum Gasteiger partial charge on any atom is 0.272 e. The number of hydrogen-bond donors (Lipinski definition) is 1. The number of amides is 1. The molecule has 1 aromatic rings. The summed E-state index contributed by atoms with van der Waals surface area (Å²) in [6.45, 7) is 3.60. The van der Waals surface area contributed by atoms with Crippen molar-refractivity contribution in [2.24, 2.45) is 5.92 Å². The van der Waals surface area contributed by atoms with Gasteiger partial charge in [-0.05, 0) is 26.9 Å². The van der Waals surface area contributed by atoms with Gasteiger partial charge < -0.3 is 24.3 Å². The molecule has 1 amide bonds. The molecule has 0 bridgehead atoms. The van der Waals surface area contributed by atoms with Gasteiger partial charge in [0.15, 0.2) is 0 Å². The van der Waals surface area contributed by atoms with Crippen molar-refractivity contribution in [2.45, 2.75) is 25.0 Å². The number of rotatable bonds is 6. The van der Waals surface area contributed by atoms with Crippen LogP contribution in [0.1, 0.15) is 23.3 Å². The van der Waals surface area contributed by atoms with Crippen LogP contribution in [0.2, 0.25) is 0 Å². The minimum Gasteiger partial charge on any atom is -0.380 e. The highest BCUT2D eigenvalue weighted by atomic mass is 16.5. The maximum absolute atomic E-state index is 12.6. The Kier molecular flexibility index (Phi) is 5.30. The number of nitrogens with one attached hydrogen (secondary N) is 1. The molecule has 7 nitrogen and oxygen atoms in total. The largest absolute Gasteiger partial charge is 0.380 e. The molecule has 1 N–H and O–H groups in total. The van der Waals surface area contributed by atoms with Gasteiger partial charge in [-0.15, -0.1) is 0 Å². The molecule has 2 heterocycles. The molecule has 1 saturated carbocycles. The first kappa shape index (κ1) is 16.4. The topological polar surface area (TPSA) is 70.7 Å². The molecule has 1 aliphatic carbocycles. The Morgan fingerprint density at radius 1 is 1.52 bits per heavy atom. The zero-order valence-corrected chi connectivity index (χ0v) is 13.9. The van der Waals surface area contributed by atoms with Crippen molar-refractivity contribution in [2.75, 3.05) is 47.0 Å². The van der Waals surface area contributed by atoms with E-state index >= 15 is 0 Å². The number of morpholine rings is 1. The Labute approximate surface area is 137 Å². The van der Waals surface area contributed by atoms with Crippen molar-refractivity contribution in [1.82, 2.24) is 19.8 Å². The first-order chi connectivity index (χ1) is 11.2. The zero-order valence-electron chi connectivity index (χ0n) is 13.9. The van der Waals surface area contributed by atoms with E-state index in [4.69, 9.17) is 9.47 Å². The second-order valence-corrected chi connectivity index (χ2v) is 6.58. The van der Waals surface area contributed by atoms with Gasteiger partial charge in [0.1, 0.15) is 5.69 Å². The van der Waals surface area contributed by atoms with Gasteiger partial charge in [-0.25, -0.2) is 4.98 Å². The smallest absolute Gasteiger partial charge is 0.272 e. The fourth-order valence-corrected chi connectivity index (χ4v) is 3.50. The molecule has 3 atom stereocenters. The summed E-state index contributed by atoms with van der Waals surface area (Å²) in [7, 11) is 4.08. The highest BCUT2D eigenvalue weighted by molar-refractivity contribution is 5.92. The van der Waals surface area contributed by atoms with Gasteiger partial charge in [0.2, 0.25) is 0 Å². The van der Waals surface area contributed by atoms with Crippen LogP contribution in [0.4, 0.5) is 0 Å². The lowest BCUT2D eigenvalue weighted by atomic mass is 10.0. The number of aromatic nitrogens is 2. The summed E-state index contributed by atoms with van der Waals surface area (Å²) >= 11 is 0. The van der Waals surface area contributed by atoms with Crippen molar-refractivity contribution in [1.29, 1.82) is 0 Å². The molecule has 7 heteroatoms. The predicted molar refractivity (Wildman–Crippen MR) is 85.2 cm³/mol. The van der Waals surface area contributed by atoms with Crippen LogP contribution >= 0.6 is 0 Å². The van der Waals surface area contributed by atoms with E-state index in [1.165, 1.54) is 0 Å². The molecule has 1 saturated heterocycles. The third-order valence-electron chi connectivity index (χ3n) is 4.72. The van der Waals surface area contributed by atoms with Crippen LogP contribution in [0.5, 0.6) is 0 Å². The molecule has 0 aromatic carbocycles. The van der Waals surface area contributed by atoms with Gasteiger partial charge in [0, 0.05) is 19.0 Å². The number of aromatic amines is 1. The second-order valence-electron chi connectivity index (χ2n) is 6.58. The van der Waals surface area contributed by atoms with Crippen molar-refractivity contribution < 1.29 is 14.3 Å². The SMILES string of the molecule is CN(C)CCOC[C@@H]1CC[C@@H]2[C@@H]1OCCN2C(=O)c1cnc[nH]1. The fraction of sp³-hybridized carbons (Fsp3) is 0.750.